The fourth-order valence-corrected chi connectivity index (χ4v) is 4.07. The maximum absolute atomic E-state index is 12.6. The Morgan fingerprint density at radius 2 is 1.77 bits per heavy atom. The van der Waals surface area contributed by atoms with Crippen LogP contribution in [0.3, 0.4) is 0 Å². The molecule has 0 radical (unpaired) electrons. The number of thiazole rings is 1. The first-order valence-corrected chi connectivity index (χ1v) is 11.0. The first-order chi connectivity index (χ1) is 14.3. The molecule has 1 aromatic carbocycles. The van der Waals surface area contributed by atoms with Crippen molar-refractivity contribution in [3.05, 3.63) is 51.5 Å². The third-order valence-electron chi connectivity index (χ3n) is 5.24. The summed E-state index contributed by atoms with van der Waals surface area (Å²) in [6, 6.07) is 8.50. The van der Waals surface area contributed by atoms with Gasteiger partial charge in [-0.15, -0.1) is 11.3 Å². The van der Waals surface area contributed by atoms with Crippen LogP contribution in [0.1, 0.15) is 41.6 Å². The number of aliphatic imine (C=N–C) groups is 1. The summed E-state index contributed by atoms with van der Waals surface area (Å²) in [5, 5.41) is 7.57. The van der Waals surface area contributed by atoms with Crippen molar-refractivity contribution in [1.29, 1.82) is 0 Å². The van der Waals surface area contributed by atoms with Crippen LogP contribution in [0.15, 0.2) is 34.6 Å². The number of hydrogen-bond donors (Lipinski definition) is 2. The van der Waals surface area contributed by atoms with Crippen LogP contribution < -0.4 is 10.6 Å². The molecule has 1 aliphatic rings. The van der Waals surface area contributed by atoms with Crippen LogP contribution in [0.4, 0.5) is 13.2 Å². The molecule has 0 aliphatic carbocycles. The van der Waals surface area contributed by atoms with E-state index < -0.39 is 11.9 Å². The molecule has 1 fully saturated rings. The van der Waals surface area contributed by atoms with Gasteiger partial charge in [0.25, 0.3) is 0 Å². The molecular weight excluding hydrogens is 411 g/mol. The van der Waals surface area contributed by atoms with E-state index in [0.29, 0.717) is 17.5 Å². The summed E-state index contributed by atoms with van der Waals surface area (Å²) in [7, 11) is 1.63. The van der Waals surface area contributed by atoms with E-state index in [4.69, 9.17) is 0 Å². The zero-order valence-corrected chi connectivity index (χ0v) is 18.1. The quantitative estimate of drug-likeness (QED) is 0.522. The number of alkyl halides is 3. The highest BCUT2D eigenvalue weighted by molar-refractivity contribution is 7.09. The maximum atomic E-state index is 12.6. The molecule has 2 heterocycles. The van der Waals surface area contributed by atoms with E-state index in [-0.39, 0.29) is 6.54 Å². The Bertz CT molecular complexity index is 824. The number of hydrogen-bond acceptors (Lipinski definition) is 4. The third-order valence-corrected chi connectivity index (χ3v) is 6.09. The zero-order chi connectivity index (χ0) is 21.6. The second-order valence-electron chi connectivity index (χ2n) is 7.68. The Kier molecular flexibility index (Phi) is 7.71. The van der Waals surface area contributed by atoms with Gasteiger partial charge in [-0.05, 0) is 43.0 Å². The molecule has 5 nitrogen and oxygen atoms in total. The van der Waals surface area contributed by atoms with Crippen molar-refractivity contribution >= 4 is 17.3 Å². The summed E-state index contributed by atoms with van der Waals surface area (Å²) in [6.07, 6.45) is -1.87. The van der Waals surface area contributed by atoms with Crippen LogP contribution in [0, 0.1) is 5.92 Å². The number of guanidine groups is 1. The van der Waals surface area contributed by atoms with Crippen LogP contribution in [0.25, 0.3) is 0 Å². The van der Waals surface area contributed by atoms with E-state index >= 15 is 0 Å². The van der Waals surface area contributed by atoms with Gasteiger partial charge in [0.15, 0.2) is 11.7 Å². The lowest BCUT2D eigenvalue weighted by Crippen LogP contribution is -2.36. The minimum absolute atomic E-state index is 0.188. The Morgan fingerprint density at radius 3 is 2.37 bits per heavy atom. The van der Waals surface area contributed by atoms with Gasteiger partial charge in [0.05, 0.1) is 6.54 Å². The maximum Gasteiger partial charge on any atom is 0.434 e. The number of nitrogens with one attached hydrogen (secondary N) is 2. The molecule has 2 aromatic rings. The molecule has 1 saturated heterocycles. The molecule has 1 aromatic heterocycles. The summed E-state index contributed by atoms with van der Waals surface area (Å²) in [4.78, 5) is 10.2. The van der Waals surface area contributed by atoms with Crippen molar-refractivity contribution in [2.75, 3.05) is 20.1 Å². The number of nitrogens with zero attached hydrogens (tertiary/aromatic N) is 3. The van der Waals surface area contributed by atoms with E-state index in [2.05, 4.69) is 56.7 Å². The van der Waals surface area contributed by atoms with Gasteiger partial charge in [-0.2, -0.15) is 13.2 Å². The smallest absolute Gasteiger partial charge is 0.352 e. The van der Waals surface area contributed by atoms with Gasteiger partial charge in [-0.3, -0.25) is 9.89 Å². The Balaban J connectivity index is 1.44. The third kappa shape index (κ3) is 6.70. The summed E-state index contributed by atoms with van der Waals surface area (Å²) >= 11 is 0.979. The van der Waals surface area contributed by atoms with Crippen molar-refractivity contribution in [1.82, 2.24) is 20.5 Å². The van der Waals surface area contributed by atoms with Crippen molar-refractivity contribution in [3.8, 4) is 0 Å². The SMILES string of the molecule is CN=C(NCc1ccc(CN2CCC(C)CC2)cc1)NCc1nc(C(F)(F)F)cs1. The molecule has 0 spiro atoms. The molecule has 0 atom stereocenters. The summed E-state index contributed by atoms with van der Waals surface area (Å²) in [5.74, 6) is 1.35. The van der Waals surface area contributed by atoms with Crippen LogP contribution in [-0.4, -0.2) is 36.0 Å². The van der Waals surface area contributed by atoms with Gasteiger partial charge in [0.1, 0.15) is 5.01 Å². The lowest BCUT2D eigenvalue weighted by atomic mass is 9.99. The van der Waals surface area contributed by atoms with Crippen molar-refractivity contribution in [2.45, 2.75) is 45.6 Å². The molecule has 0 bridgehead atoms. The lowest BCUT2D eigenvalue weighted by molar-refractivity contribution is -0.140. The van der Waals surface area contributed by atoms with Crippen molar-refractivity contribution < 1.29 is 13.2 Å². The number of halogens is 3. The minimum Gasteiger partial charge on any atom is -0.352 e. The van der Waals surface area contributed by atoms with Crippen molar-refractivity contribution in [3.63, 3.8) is 0 Å². The van der Waals surface area contributed by atoms with Gasteiger partial charge < -0.3 is 10.6 Å². The van der Waals surface area contributed by atoms with Gasteiger partial charge in [0, 0.05) is 25.5 Å². The summed E-state index contributed by atoms with van der Waals surface area (Å²) in [5.41, 5.74) is 1.56. The molecule has 9 heteroatoms. The lowest BCUT2D eigenvalue weighted by Gasteiger charge is -2.30. The van der Waals surface area contributed by atoms with Crippen LogP contribution in [0.5, 0.6) is 0 Å². The molecule has 2 N–H and O–H groups in total. The largest absolute Gasteiger partial charge is 0.434 e. The number of aromatic nitrogens is 1. The highest BCUT2D eigenvalue weighted by Crippen LogP contribution is 2.29. The molecule has 30 heavy (non-hydrogen) atoms. The van der Waals surface area contributed by atoms with E-state index in [1.165, 1.54) is 18.4 Å². The van der Waals surface area contributed by atoms with E-state index in [9.17, 15) is 13.2 Å². The molecule has 0 unspecified atom stereocenters. The normalized spacial score (nSPS) is 16.6. The van der Waals surface area contributed by atoms with E-state index in [1.807, 2.05) is 0 Å². The van der Waals surface area contributed by atoms with Crippen molar-refractivity contribution in [2.24, 2.45) is 10.9 Å². The molecule has 0 saturated carbocycles. The zero-order valence-electron chi connectivity index (χ0n) is 17.3. The summed E-state index contributed by atoms with van der Waals surface area (Å²) in [6.45, 7) is 6.39. The predicted molar refractivity (Wildman–Crippen MR) is 114 cm³/mol. The second-order valence-corrected chi connectivity index (χ2v) is 8.62. The Hall–Kier alpha value is -2.13. The van der Waals surface area contributed by atoms with Crippen LogP contribution >= 0.6 is 11.3 Å². The minimum atomic E-state index is -4.41. The number of likely N-dealkylation sites (tertiary alicyclic amines) is 1. The van der Waals surface area contributed by atoms with Crippen LogP contribution in [0.2, 0.25) is 0 Å². The Morgan fingerprint density at radius 1 is 1.13 bits per heavy atom. The van der Waals surface area contributed by atoms with Gasteiger partial charge in [-0.25, -0.2) is 4.98 Å². The topological polar surface area (TPSA) is 52.6 Å². The molecule has 1 aliphatic heterocycles. The standard InChI is InChI=1S/C21H28F3N5S/c1-15-7-9-29(10-8-15)13-17-5-3-16(4-6-17)11-26-20(25-2)27-12-19-28-18(14-30-19)21(22,23)24/h3-6,14-15H,7-13H2,1-2H3,(H2,25,26,27). The number of piperidine rings is 1. The van der Waals surface area contributed by atoms with Gasteiger partial charge in [-0.1, -0.05) is 31.2 Å². The van der Waals surface area contributed by atoms with E-state index in [0.717, 1.165) is 47.8 Å². The first kappa shape index (κ1) is 22.6. The number of rotatable bonds is 6. The van der Waals surface area contributed by atoms with Crippen LogP contribution in [-0.2, 0) is 25.8 Å². The van der Waals surface area contributed by atoms with E-state index in [1.54, 1.807) is 7.05 Å². The fraction of sp³-hybridized carbons (Fsp3) is 0.524. The van der Waals surface area contributed by atoms with Gasteiger partial charge in [0.2, 0.25) is 0 Å². The molecular formula is C21H28F3N5S. The predicted octanol–water partition coefficient (Wildman–Crippen LogP) is 4.26. The monoisotopic (exact) mass is 439 g/mol. The highest BCUT2D eigenvalue weighted by Gasteiger charge is 2.33. The Labute approximate surface area is 179 Å². The average Bonchev–Trinajstić information content (AvgIpc) is 3.21. The first-order valence-electron chi connectivity index (χ1n) is 10.1. The molecule has 3 rings (SSSR count). The fourth-order valence-electron chi connectivity index (χ4n) is 3.33. The number of benzene rings is 1. The molecule has 164 valence electrons. The average molecular weight is 440 g/mol. The second kappa shape index (κ2) is 10.3. The summed E-state index contributed by atoms with van der Waals surface area (Å²) < 4.78 is 37.9. The molecule has 0 amide bonds. The van der Waals surface area contributed by atoms with Gasteiger partial charge >= 0.3 is 6.18 Å². The highest BCUT2D eigenvalue weighted by atomic mass is 32.1.